The van der Waals surface area contributed by atoms with Crippen LogP contribution in [-0.2, 0) is 11.3 Å². The van der Waals surface area contributed by atoms with Crippen LogP contribution in [0.15, 0.2) is 59.4 Å². The van der Waals surface area contributed by atoms with E-state index in [0.717, 1.165) is 0 Å². The van der Waals surface area contributed by atoms with Crippen LogP contribution in [0.1, 0.15) is 5.69 Å². The molecule has 0 bridgehead atoms. The zero-order valence-corrected chi connectivity index (χ0v) is 15.9. The molecule has 1 amide bonds. The number of hydrogen-bond acceptors (Lipinski definition) is 5. The van der Waals surface area contributed by atoms with Crippen molar-refractivity contribution in [2.45, 2.75) is 13.5 Å². The van der Waals surface area contributed by atoms with Crippen molar-refractivity contribution in [3.63, 3.8) is 0 Å². The second-order valence-corrected chi connectivity index (χ2v) is 6.12. The Morgan fingerprint density at radius 3 is 2.46 bits per heavy atom. The predicted molar refractivity (Wildman–Crippen MR) is 107 cm³/mol. The number of methoxy groups -OCH3 is 2. The maximum atomic E-state index is 12.6. The van der Waals surface area contributed by atoms with Crippen molar-refractivity contribution in [3.8, 4) is 22.9 Å². The van der Waals surface area contributed by atoms with Gasteiger partial charge in [-0.1, -0.05) is 12.1 Å². The van der Waals surface area contributed by atoms with E-state index in [1.165, 1.54) is 17.7 Å². The van der Waals surface area contributed by atoms with Crippen LogP contribution in [0.3, 0.4) is 0 Å². The first-order chi connectivity index (χ1) is 13.5. The summed E-state index contributed by atoms with van der Waals surface area (Å²) < 4.78 is 11.8. The van der Waals surface area contributed by atoms with Gasteiger partial charge in [-0.15, -0.1) is 0 Å². The minimum absolute atomic E-state index is 0.175. The molecule has 0 atom stereocenters. The summed E-state index contributed by atoms with van der Waals surface area (Å²) in [5.74, 6) is 1.30. The van der Waals surface area contributed by atoms with Crippen molar-refractivity contribution >= 4 is 11.6 Å². The second kappa shape index (κ2) is 8.39. The van der Waals surface area contributed by atoms with Gasteiger partial charge >= 0.3 is 0 Å². The van der Waals surface area contributed by atoms with E-state index in [1.54, 1.807) is 56.5 Å². The highest BCUT2D eigenvalue weighted by Crippen LogP contribution is 2.23. The smallest absolute Gasteiger partial charge is 0.254 e. The van der Waals surface area contributed by atoms with Gasteiger partial charge in [0.25, 0.3) is 5.56 Å². The topological polar surface area (TPSA) is 82.5 Å². The Bertz CT molecular complexity index is 1040. The van der Waals surface area contributed by atoms with E-state index in [9.17, 15) is 9.59 Å². The molecule has 1 heterocycles. The number of nitrogens with zero attached hydrogens (tertiary/aromatic N) is 2. The second-order valence-electron chi connectivity index (χ2n) is 6.12. The van der Waals surface area contributed by atoms with Gasteiger partial charge in [-0.25, -0.2) is 4.98 Å². The van der Waals surface area contributed by atoms with Crippen molar-refractivity contribution in [3.05, 3.63) is 70.6 Å². The molecule has 0 aliphatic rings. The van der Waals surface area contributed by atoms with E-state index >= 15 is 0 Å². The molecule has 28 heavy (non-hydrogen) atoms. The Labute approximate surface area is 162 Å². The third-order valence-corrected chi connectivity index (χ3v) is 4.17. The summed E-state index contributed by atoms with van der Waals surface area (Å²) in [6, 6.07) is 15.7. The molecule has 0 unspecified atom stereocenters. The quantitative estimate of drug-likeness (QED) is 0.712. The van der Waals surface area contributed by atoms with Crippen LogP contribution in [-0.4, -0.2) is 29.7 Å². The molecule has 7 nitrogen and oxygen atoms in total. The molecule has 1 N–H and O–H groups in total. The van der Waals surface area contributed by atoms with Crippen molar-refractivity contribution in [1.29, 1.82) is 0 Å². The first kappa shape index (κ1) is 19.2. The molecule has 1 aromatic heterocycles. The van der Waals surface area contributed by atoms with Crippen LogP contribution in [0.4, 0.5) is 5.69 Å². The zero-order valence-electron chi connectivity index (χ0n) is 15.9. The molecule has 3 aromatic rings. The van der Waals surface area contributed by atoms with E-state index in [0.29, 0.717) is 34.3 Å². The minimum Gasteiger partial charge on any atom is -0.497 e. The number of hydrogen-bond donors (Lipinski definition) is 1. The average Bonchev–Trinajstić information content (AvgIpc) is 2.70. The van der Waals surface area contributed by atoms with E-state index in [4.69, 9.17) is 9.47 Å². The Kier molecular flexibility index (Phi) is 5.74. The lowest BCUT2D eigenvalue weighted by molar-refractivity contribution is -0.116. The van der Waals surface area contributed by atoms with E-state index in [-0.39, 0.29) is 18.0 Å². The summed E-state index contributed by atoms with van der Waals surface area (Å²) >= 11 is 0. The predicted octanol–water partition coefficient (Wildman–Crippen LogP) is 2.87. The summed E-state index contributed by atoms with van der Waals surface area (Å²) in [5.41, 5.74) is 1.53. The Morgan fingerprint density at radius 1 is 1.07 bits per heavy atom. The molecule has 0 spiro atoms. The van der Waals surface area contributed by atoms with Crippen molar-refractivity contribution in [1.82, 2.24) is 9.55 Å². The van der Waals surface area contributed by atoms with Crippen LogP contribution in [0, 0.1) is 6.92 Å². The van der Waals surface area contributed by atoms with Crippen LogP contribution >= 0.6 is 0 Å². The number of rotatable bonds is 6. The molecular formula is C21H21N3O4. The fourth-order valence-corrected chi connectivity index (χ4v) is 2.82. The van der Waals surface area contributed by atoms with Crippen molar-refractivity contribution < 1.29 is 14.3 Å². The number of benzene rings is 2. The number of aromatic nitrogens is 2. The summed E-state index contributed by atoms with van der Waals surface area (Å²) in [4.78, 5) is 29.6. The number of ether oxygens (including phenoxy) is 2. The molecule has 144 valence electrons. The monoisotopic (exact) mass is 379 g/mol. The molecule has 0 aliphatic heterocycles. The summed E-state index contributed by atoms with van der Waals surface area (Å²) in [6.45, 7) is 1.57. The fourth-order valence-electron chi connectivity index (χ4n) is 2.82. The van der Waals surface area contributed by atoms with Crippen molar-refractivity contribution in [2.24, 2.45) is 0 Å². The SMILES string of the molecule is COc1ccc(-c2nc(C)cc(=O)n2CC(=O)Nc2ccccc2OC)cc1. The van der Waals surface area contributed by atoms with Gasteiger partial charge in [-0.05, 0) is 43.3 Å². The van der Waals surface area contributed by atoms with Gasteiger partial charge in [0.05, 0.1) is 19.9 Å². The lowest BCUT2D eigenvalue weighted by Crippen LogP contribution is -2.29. The van der Waals surface area contributed by atoms with Gasteiger partial charge in [0, 0.05) is 17.3 Å². The highest BCUT2D eigenvalue weighted by atomic mass is 16.5. The third-order valence-electron chi connectivity index (χ3n) is 4.17. The molecule has 0 fully saturated rings. The third kappa shape index (κ3) is 4.20. The lowest BCUT2D eigenvalue weighted by Gasteiger charge is -2.14. The summed E-state index contributed by atoms with van der Waals surface area (Å²) in [7, 11) is 3.11. The minimum atomic E-state index is -0.355. The molecule has 0 radical (unpaired) electrons. The first-order valence-electron chi connectivity index (χ1n) is 8.67. The number of carbonyl (C=O) groups is 1. The largest absolute Gasteiger partial charge is 0.497 e. The van der Waals surface area contributed by atoms with Crippen molar-refractivity contribution in [2.75, 3.05) is 19.5 Å². The van der Waals surface area contributed by atoms with Crippen LogP contribution in [0.5, 0.6) is 11.5 Å². The zero-order chi connectivity index (χ0) is 20.1. The van der Waals surface area contributed by atoms with Gasteiger partial charge in [-0.2, -0.15) is 0 Å². The van der Waals surface area contributed by atoms with Gasteiger partial charge < -0.3 is 14.8 Å². The Hall–Kier alpha value is -3.61. The molecular weight excluding hydrogens is 358 g/mol. The molecule has 0 saturated heterocycles. The number of aryl methyl sites for hydroxylation is 1. The van der Waals surface area contributed by atoms with Gasteiger partial charge in [0.2, 0.25) is 5.91 Å². The van der Waals surface area contributed by atoms with Gasteiger partial charge in [0.1, 0.15) is 23.9 Å². The van der Waals surface area contributed by atoms with E-state index < -0.39 is 0 Å². The Morgan fingerprint density at radius 2 is 1.79 bits per heavy atom. The molecule has 0 aliphatic carbocycles. The number of nitrogens with one attached hydrogen (secondary N) is 1. The number of carbonyl (C=O) groups excluding carboxylic acids is 1. The molecule has 0 saturated carbocycles. The first-order valence-corrected chi connectivity index (χ1v) is 8.67. The van der Waals surface area contributed by atoms with E-state index in [2.05, 4.69) is 10.3 Å². The van der Waals surface area contributed by atoms with E-state index in [1.807, 2.05) is 6.07 Å². The van der Waals surface area contributed by atoms with Gasteiger partial charge in [0.15, 0.2) is 0 Å². The average molecular weight is 379 g/mol. The maximum absolute atomic E-state index is 12.6. The number of anilines is 1. The maximum Gasteiger partial charge on any atom is 0.254 e. The molecule has 3 rings (SSSR count). The Balaban J connectivity index is 1.92. The summed E-state index contributed by atoms with van der Waals surface area (Å²) in [6.07, 6.45) is 0. The summed E-state index contributed by atoms with van der Waals surface area (Å²) in [5, 5.41) is 2.78. The normalized spacial score (nSPS) is 10.4. The standard InChI is InChI=1S/C21H21N3O4/c1-14-12-20(26)24(21(22-14)15-8-10-16(27-2)11-9-15)13-19(25)23-17-6-4-5-7-18(17)28-3/h4-12H,13H2,1-3H3,(H,23,25). The highest BCUT2D eigenvalue weighted by Gasteiger charge is 2.14. The van der Waals surface area contributed by atoms with Crippen LogP contribution in [0.2, 0.25) is 0 Å². The van der Waals surface area contributed by atoms with Crippen LogP contribution in [0.25, 0.3) is 11.4 Å². The van der Waals surface area contributed by atoms with Crippen LogP contribution < -0.4 is 20.3 Å². The van der Waals surface area contributed by atoms with Gasteiger partial charge in [-0.3, -0.25) is 14.2 Å². The number of amides is 1. The highest BCUT2D eigenvalue weighted by molar-refractivity contribution is 5.92. The fraction of sp³-hybridized carbons (Fsp3) is 0.190. The lowest BCUT2D eigenvalue weighted by atomic mass is 10.2. The molecule has 7 heteroatoms. The molecule has 2 aromatic carbocycles. The number of para-hydroxylation sites is 2.